The van der Waals surface area contributed by atoms with E-state index in [4.69, 9.17) is 15.2 Å². The summed E-state index contributed by atoms with van der Waals surface area (Å²) in [6.45, 7) is -0.449. The lowest BCUT2D eigenvalue weighted by molar-refractivity contribution is -0.144. The quantitative estimate of drug-likeness (QED) is 0.615. The fourth-order valence-electron chi connectivity index (χ4n) is 2.04. The van der Waals surface area contributed by atoms with E-state index in [1.54, 1.807) is 24.3 Å². The zero-order valence-corrected chi connectivity index (χ0v) is 12.0. The Hall–Kier alpha value is -2.65. The number of hydrogen-bond acceptors (Lipinski definition) is 8. The number of carbonyl (C=O) groups excluding carboxylic acids is 1. The van der Waals surface area contributed by atoms with Gasteiger partial charge in [0.1, 0.15) is 12.3 Å². The number of anilines is 2. The highest BCUT2D eigenvalue weighted by molar-refractivity contribution is 5.73. The second-order valence-electron chi connectivity index (χ2n) is 4.64. The normalized spacial score (nSPS) is 10.3. The average Bonchev–Trinajstić information content (AvgIpc) is 2.53. The van der Waals surface area contributed by atoms with Crippen molar-refractivity contribution in [2.24, 2.45) is 0 Å². The number of ether oxygens (including phenoxy) is 1. The van der Waals surface area contributed by atoms with Gasteiger partial charge in [-0.15, -0.1) is 5.23 Å². The Morgan fingerprint density at radius 3 is 2.26 bits per heavy atom. The lowest BCUT2D eigenvalue weighted by atomic mass is 10.1. The van der Waals surface area contributed by atoms with E-state index < -0.39 is 17.8 Å². The summed E-state index contributed by atoms with van der Waals surface area (Å²) < 4.78 is 5.02. The number of rotatable bonds is 6. The van der Waals surface area contributed by atoms with Crippen molar-refractivity contribution in [3.8, 4) is 0 Å². The van der Waals surface area contributed by atoms with Crippen LogP contribution >= 0.6 is 0 Å². The molecule has 0 radical (unpaired) electrons. The number of nitrogens with zero attached hydrogens (tertiary/aromatic N) is 2. The molecule has 0 aromatic heterocycles. The van der Waals surface area contributed by atoms with Gasteiger partial charge in [0.25, 0.3) is 0 Å². The summed E-state index contributed by atoms with van der Waals surface area (Å²) in [4.78, 5) is 11.8. The van der Waals surface area contributed by atoms with Gasteiger partial charge in [-0.3, -0.25) is 15.2 Å². The molecule has 0 saturated heterocycles. The monoisotopic (exact) mass is 318 g/mol. The molecule has 2 aromatic rings. The van der Waals surface area contributed by atoms with Gasteiger partial charge in [-0.2, -0.15) is 0 Å². The summed E-state index contributed by atoms with van der Waals surface area (Å²) in [6, 6.07) is 12.6. The summed E-state index contributed by atoms with van der Waals surface area (Å²) in [5.74, 6) is -0.581. The van der Waals surface area contributed by atoms with Crippen LogP contribution in [0.3, 0.4) is 0 Å². The van der Waals surface area contributed by atoms with Crippen molar-refractivity contribution >= 4 is 17.3 Å². The first-order chi connectivity index (χ1) is 11.0. The SMILES string of the molecule is O=C(Cc1ccccc1)OCc1c(N([O-])[O-])cccc1N(O)O. The first kappa shape index (κ1) is 16.7. The van der Waals surface area contributed by atoms with Crippen LogP contribution < -0.4 is 10.5 Å². The van der Waals surface area contributed by atoms with Gasteiger partial charge in [0.15, 0.2) is 0 Å². The molecule has 0 aliphatic carbocycles. The topological polar surface area (TPSA) is 119 Å². The van der Waals surface area contributed by atoms with Crippen molar-refractivity contribution in [2.45, 2.75) is 13.0 Å². The summed E-state index contributed by atoms with van der Waals surface area (Å²) in [5.41, 5.74) is 0.0324. The Balaban J connectivity index is 2.11. The maximum Gasteiger partial charge on any atom is 0.310 e. The van der Waals surface area contributed by atoms with Crippen molar-refractivity contribution in [3.05, 3.63) is 70.1 Å². The van der Waals surface area contributed by atoms with E-state index in [0.717, 1.165) is 5.56 Å². The molecule has 0 atom stereocenters. The standard InChI is InChI=1S/C15H14N2O6/c18-15(9-11-5-2-1-3-6-11)23-10-12-13(16(19)20)7-4-8-14(12)17(21)22/h1-8,19-20H,9-10H2/q-2. The van der Waals surface area contributed by atoms with Crippen LogP contribution in [0.5, 0.6) is 0 Å². The van der Waals surface area contributed by atoms with Crippen molar-refractivity contribution in [3.63, 3.8) is 0 Å². The van der Waals surface area contributed by atoms with Gasteiger partial charge in [0.05, 0.1) is 6.42 Å². The van der Waals surface area contributed by atoms with Crippen molar-refractivity contribution in [2.75, 3.05) is 10.5 Å². The van der Waals surface area contributed by atoms with Crippen LogP contribution in [0.4, 0.5) is 11.4 Å². The second kappa shape index (κ2) is 7.56. The van der Waals surface area contributed by atoms with Crippen molar-refractivity contribution in [1.82, 2.24) is 0 Å². The predicted molar refractivity (Wildman–Crippen MR) is 81.6 cm³/mol. The molecule has 0 aliphatic heterocycles. The molecule has 0 amide bonds. The molecule has 0 unspecified atom stereocenters. The number of carbonyl (C=O) groups is 1. The smallest absolute Gasteiger partial charge is 0.310 e. The maximum absolute atomic E-state index is 11.8. The van der Waals surface area contributed by atoms with E-state index >= 15 is 0 Å². The largest absolute Gasteiger partial charge is 0.769 e. The third-order valence-electron chi connectivity index (χ3n) is 3.11. The van der Waals surface area contributed by atoms with Crippen molar-refractivity contribution in [1.29, 1.82) is 0 Å². The highest BCUT2D eigenvalue weighted by Crippen LogP contribution is 2.29. The number of esters is 1. The third-order valence-corrected chi connectivity index (χ3v) is 3.11. The Labute approximate surface area is 131 Å². The van der Waals surface area contributed by atoms with E-state index in [0.29, 0.717) is 0 Å². The van der Waals surface area contributed by atoms with Crippen LogP contribution in [0.25, 0.3) is 0 Å². The van der Waals surface area contributed by atoms with E-state index in [9.17, 15) is 15.2 Å². The van der Waals surface area contributed by atoms with E-state index in [2.05, 4.69) is 0 Å². The number of hydrogen-bond donors (Lipinski definition) is 2. The van der Waals surface area contributed by atoms with Crippen LogP contribution in [0.2, 0.25) is 0 Å². The van der Waals surface area contributed by atoms with Crippen LogP contribution in [0.15, 0.2) is 48.5 Å². The Morgan fingerprint density at radius 1 is 1.00 bits per heavy atom. The molecule has 2 N–H and O–H groups in total. The summed E-state index contributed by atoms with van der Waals surface area (Å²) in [5, 5.41) is 39.4. The zero-order chi connectivity index (χ0) is 16.8. The Kier molecular flexibility index (Phi) is 5.50. The molecular formula is C15H14N2O6-2. The highest BCUT2D eigenvalue weighted by atomic mass is 16.8. The highest BCUT2D eigenvalue weighted by Gasteiger charge is 2.14. The molecule has 0 spiro atoms. The Bertz CT molecular complexity index is 634. The first-order valence-electron chi connectivity index (χ1n) is 6.62. The van der Waals surface area contributed by atoms with Gasteiger partial charge in [0.2, 0.25) is 0 Å². The van der Waals surface area contributed by atoms with Crippen molar-refractivity contribution < 1.29 is 19.9 Å². The first-order valence-corrected chi connectivity index (χ1v) is 6.62. The molecule has 8 nitrogen and oxygen atoms in total. The minimum Gasteiger partial charge on any atom is -0.769 e. The lowest BCUT2D eigenvalue weighted by Gasteiger charge is -2.39. The van der Waals surface area contributed by atoms with Crippen LogP contribution in [0.1, 0.15) is 11.1 Å². The molecule has 2 rings (SSSR count). The van der Waals surface area contributed by atoms with Gasteiger partial charge >= 0.3 is 5.97 Å². The molecular weight excluding hydrogens is 304 g/mol. The van der Waals surface area contributed by atoms with Gasteiger partial charge in [-0.05, 0) is 17.7 Å². The summed E-state index contributed by atoms with van der Waals surface area (Å²) in [6.07, 6.45) is 0.0127. The fraction of sp³-hybridized carbons (Fsp3) is 0.133. The third kappa shape index (κ3) is 4.41. The molecule has 0 bridgehead atoms. The van der Waals surface area contributed by atoms with Crippen LogP contribution in [-0.2, 0) is 22.6 Å². The van der Waals surface area contributed by atoms with Gasteiger partial charge < -0.3 is 20.4 Å². The lowest BCUT2D eigenvalue weighted by Crippen LogP contribution is -2.18. The second-order valence-corrected chi connectivity index (χ2v) is 4.64. The molecule has 23 heavy (non-hydrogen) atoms. The molecule has 8 heteroatoms. The minimum atomic E-state index is -0.687. The molecule has 0 aliphatic rings. The molecule has 0 heterocycles. The van der Waals surface area contributed by atoms with E-state index in [1.807, 2.05) is 6.07 Å². The van der Waals surface area contributed by atoms with Gasteiger partial charge in [0, 0.05) is 11.3 Å². The van der Waals surface area contributed by atoms with E-state index in [-0.39, 0.29) is 28.6 Å². The average molecular weight is 318 g/mol. The van der Waals surface area contributed by atoms with Gasteiger partial charge in [-0.25, -0.2) is 0 Å². The molecule has 0 saturated carbocycles. The summed E-state index contributed by atoms with van der Waals surface area (Å²) >= 11 is 0. The van der Waals surface area contributed by atoms with Crippen LogP contribution in [-0.4, -0.2) is 16.4 Å². The Morgan fingerprint density at radius 2 is 1.65 bits per heavy atom. The van der Waals surface area contributed by atoms with Gasteiger partial charge in [-0.1, -0.05) is 36.4 Å². The fourth-order valence-corrected chi connectivity index (χ4v) is 2.04. The van der Waals surface area contributed by atoms with E-state index in [1.165, 1.54) is 18.2 Å². The summed E-state index contributed by atoms with van der Waals surface area (Å²) in [7, 11) is 0. The minimum absolute atomic E-state index is 0.0127. The predicted octanol–water partition coefficient (Wildman–Crippen LogP) is 2.36. The zero-order valence-electron chi connectivity index (χ0n) is 12.0. The van der Waals surface area contributed by atoms with Crippen LogP contribution in [0, 0.1) is 10.4 Å². The molecule has 0 fully saturated rings. The maximum atomic E-state index is 11.8. The number of benzene rings is 2. The molecule has 2 aromatic carbocycles. The molecule has 122 valence electrons.